The fourth-order valence-corrected chi connectivity index (χ4v) is 1.88. The van der Waals surface area contributed by atoms with Gasteiger partial charge >= 0.3 is 0 Å². The van der Waals surface area contributed by atoms with Crippen LogP contribution in [-0.4, -0.2) is 26.8 Å². The molecule has 1 N–H and O–H groups in total. The quantitative estimate of drug-likeness (QED) is 0.845. The standard InChI is InChI=1S/C12H17N5/c1-3-8-17-12(15-9-16-17)11(13-2)10-4-6-14-7-5-10/h4-7,9,11,13H,3,8H2,1-2H3. The molecule has 0 aliphatic heterocycles. The SMILES string of the molecule is CCCn1ncnc1C(NC)c1ccncc1. The van der Waals surface area contributed by atoms with Crippen molar-refractivity contribution in [3.8, 4) is 0 Å². The third-order valence-corrected chi connectivity index (χ3v) is 2.67. The van der Waals surface area contributed by atoms with E-state index in [-0.39, 0.29) is 6.04 Å². The van der Waals surface area contributed by atoms with Gasteiger partial charge in [-0.2, -0.15) is 5.10 Å². The Morgan fingerprint density at radius 2 is 2.12 bits per heavy atom. The molecule has 0 fully saturated rings. The number of aromatic nitrogens is 4. The number of rotatable bonds is 5. The van der Waals surface area contributed by atoms with Gasteiger partial charge in [0.1, 0.15) is 12.2 Å². The van der Waals surface area contributed by atoms with Crippen LogP contribution in [-0.2, 0) is 6.54 Å². The highest BCUT2D eigenvalue weighted by Gasteiger charge is 2.17. The topological polar surface area (TPSA) is 55.6 Å². The highest BCUT2D eigenvalue weighted by molar-refractivity contribution is 5.21. The van der Waals surface area contributed by atoms with Gasteiger partial charge in [0.15, 0.2) is 0 Å². The molecule has 1 unspecified atom stereocenters. The summed E-state index contributed by atoms with van der Waals surface area (Å²) in [5.41, 5.74) is 1.15. The van der Waals surface area contributed by atoms with Crippen LogP contribution in [0.15, 0.2) is 30.9 Å². The van der Waals surface area contributed by atoms with Crippen LogP contribution >= 0.6 is 0 Å². The molecule has 90 valence electrons. The molecule has 5 heteroatoms. The molecule has 0 aliphatic carbocycles. The minimum Gasteiger partial charge on any atom is -0.307 e. The third-order valence-electron chi connectivity index (χ3n) is 2.67. The van der Waals surface area contributed by atoms with Gasteiger partial charge in [-0.15, -0.1) is 0 Å². The maximum Gasteiger partial charge on any atom is 0.148 e. The van der Waals surface area contributed by atoms with E-state index in [1.807, 2.05) is 23.9 Å². The molecule has 0 bridgehead atoms. The summed E-state index contributed by atoms with van der Waals surface area (Å²) in [6.07, 6.45) is 6.24. The minimum absolute atomic E-state index is 0.0621. The second-order valence-corrected chi connectivity index (χ2v) is 3.84. The largest absolute Gasteiger partial charge is 0.307 e. The number of nitrogens with zero attached hydrogens (tertiary/aromatic N) is 4. The highest BCUT2D eigenvalue weighted by atomic mass is 15.3. The Balaban J connectivity index is 2.32. The number of pyridine rings is 1. The van der Waals surface area contributed by atoms with E-state index in [9.17, 15) is 0 Å². The van der Waals surface area contributed by atoms with E-state index < -0.39 is 0 Å². The van der Waals surface area contributed by atoms with Crippen LogP contribution in [0.2, 0.25) is 0 Å². The molecule has 0 saturated heterocycles. The van der Waals surface area contributed by atoms with E-state index in [4.69, 9.17) is 0 Å². The molecule has 2 aromatic heterocycles. The molecule has 2 heterocycles. The number of aryl methyl sites for hydroxylation is 1. The zero-order valence-corrected chi connectivity index (χ0v) is 10.2. The first-order chi connectivity index (χ1) is 8.36. The zero-order valence-electron chi connectivity index (χ0n) is 10.2. The van der Waals surface area contributed by atoms with Gasteiger partial charge in [0.05, 0.1) is 6.04 Å². The third kappa shape index (κ3) is 2.50. The summed E-state index contributed by atoms with van der Waals surface area (Å²) in [4.78, 5) is 8.38. The Bertz CT molecular complexity index is 451. The molecule has 0 radical (unpaired) electrons. The summed E-state index contributed by atoms with van der Waals surface area (Å²) >= 11 is 0. The van der Waals surface area contributed by atoms with Crippen molar-refractivity contribution in [2.24, 2.45) is 0 Å². The Morgan fingerprint density at radius 1 is 1.35 bits per heavy atom. The molecule has 2 rings (SSSR count). The number of hydrogen-bond donors (Lipinski definition) is 1. The molecule has 0 aliphatic rings. The van der Waals surface area contributed by atoms with Gasteiger partial charge in [-0.05, 0) is 31.2 Å². The zero-order chi connectivity index (χ0) is 12.1. The predicted molar refractivity (Wildman–Crippen MR) is 65.5 cm³/mol. The first-order valence-electron chi connectivity index (χ1n) is 5.81. The van der Waals surface area contributed by atoms with Crippen LogP contribution in [0, 0.1) is 0 Å². The van der Waals surface area contributed by atoms with Gasteiger partial charge in [0.2, 0.25) is 0 Å². The van der Waals surface area contributed by atoms with Crippen molar-refractivity contribution < 1.29 is 0 Å². The van der Waals surface area contributed by atoms with Crippen LogP contribution in [0.25, 0.3) is 0 Å². The van der Waals surface area contributed by atoms with Crippen molar-refractivity contribution in [2.45, 2.75) is 25.9 Å². The lowest BCUT2D eigenvalue weighted by Crippen LogP contribution is -2.22. The summed E-state index contributed by atoms with van der Waals surface area (Å²) in [5, 5.41) is 7.52. The Morgan fingerprint density at radius 3 is 2.76 bits per heavy atom. The summed E-state index contributed by atoms with van der Waals surface area (Å²) in [5.74, 6) is 0.945. The Kier molecular flexibility index (Phi) is 3.82. The van der Waals surface area contributed by atoms with Gasteiger partial charge in [-0.3, -0.25) is 4.98 Å². The summed E-state index contributed by atoms with van der Waals surface area (Å²) in [6, 6.07) is 4.05. The monoisotopic (exact) mass is 231 g/mol. The van der Waals surface area contributed by atoms with Crippen molar-refractivity contribution >= 4 is 0 Å². The first kappa shape index (κ1) is 11.7. The molecule has 0 aromatic carbocycles. The maximum atomic E-state index is 4.35. The van der Waals surface area contributed by atoms with Gasteiger partial charge in [0, 0.05) is 18.9 Å². The lowest BCUT2D eigenvalue weighted by atomic mass is 10.1. The van der Waals surface area contributed by atoms with E-state index >= 15 is 0 Å². The molecule has 5 nitrogen and oxygen atoms in total. The lowest BCUT2D eigenvalue weighted by molar-refractivity contribution is 0.525. The normalized spacial score (nSPS) is 12.6. The Hall–Kier alpha value is -1.75. The lowest BCUT2D eigenvalue weighted by Gasteiger charge is -2.16. The van der Waals surface area contributed by atoms with Crippen LogP contribution in [0.5, 0.6) is 0 Å². The number of nitrogens with one attached hydrogen (secondary N) is 1. The van der Waals surface area contributed by atoms with Crippen LogP contribution < -0.4 is 5.32 Å². The summed E-state index contributed by atoms with van der Waals surface area (Å²) < 4.78 is 1.95. The molecule has 17 heavy (non-hydrogen) atoms. The predicted octanol–water partition coefficient (Wildman–Crippen LogP) is 1.39. The Labute approximate surface area is 101 Å². The van der Waals surface area contributed by atoms with Crippen molar-refractivity contribution in [3.63, 3.8) is 0 Å². The first-order valence-corrected chi connectivity index (χ1v) is 5.81. The fourth-order valence-electron chi connectivity index (χ4n) is 1.88. The average Bonchev–Trinajstić information content (AvgIpc) is 2.81. The van der Waals surface area contributed by atoms with E-state index in [2.05, 4.69) is 27.3 Å². The molecule has 1 atom stereocenters. The molecule has 0 spiro atoms. The van der Waals surface area contributed by atoms with Crippen molar-refractivity contribution in [2.75, 3.05) is 7.05 Å². The van der Waals surface area contributed by atoms with Crippen LogP contribution in [0.3, 0.4) is 0 Å². The molecule has 0 saturated carbocycles. The second kappa shape index (κ2) is 5.54. The minimum atomic E-state index is 0.0621. The molecule has 0 amide bonds. The molecule has 2 aromatic rings. The van der Waals surface area contributed by atoms with Crippen molar-refractivity contribution in [3.05, 3.63) is 42.2 Å². The summed E-state index contributed by atoms with van der Waals surface area (Å²) in [6.45, 7) is 3.02. The van der Waals surface area contributed by atoms with E-state index in [0.717, 1.165) is 24.4 Å². The average molecular weight is 231 g/mol. The highest BCUT2D eigenvalue weighted by Crippen LogP contribution is 2.18. The van der Waals surface area contributed by atoms with Crippen molar-refractivity contribution in [1.29, 1.82) is 0 Å². The molecular formula is C12H17N5. The van der Waals surface area contributed by atoms with Crippen LogP contribution in [0.1, 0.15) is 30.8 Å². The van der Waals surface area contributed by atoms with Gasteiger partial charge in [-0.25, -0.2) is 9.67 Å². The van der Waals surface area contributed by atoms with Crippen LogP contribution in [0.4, 0.5) is 0 Å². The van der Waals surface area contributed by atoms with Gasteiger partial charge in [-0.1, -0.05) is 6.92 Å². The number of hydrogen-bond acceptors (Lipinski definition) is 4. The fraction of sp³-hybridized carbons (Fsp3) is 0.417. The summed E-state index contributed by atoms with van der Waals surface area (Å²) in [7, 11) is 1.93. The van der Waals surface area contributed by atoms with Gasteiger partial charge < -0.3 is 5.32 Å². The smallest absolute Gasteiger partial charge is 0.148 e. The maximum absolute atomic E-state index is 4.35. The van der Waals surface area contributed by atoms with E-state index in [1.165, 1.54) is 0 Å². The van der Waals surface area contributed by atoms with E-state index in [0.29, 0.717) is 0 Å². The van der Waals surface area contributed by atoms with E-state index in [1.54, 1.807) is 18.7 Å². The van der Waals surface area contributed by atoms with Crippen molar-refractivity contribution in [1.82, 2.24) is 25.1 Å². The van der Waals surface area contributed by atoms with Gasteiger partial charge in [0.25, 0.3) is 0 Å². The molecular weight excluding hydrogens is 214 g/mol. The second-order valence-electron chi connectivity index (χ2n) is 3.84.